The molecule has 1 N–H and O–H groups in total. The zero-order valence-electron chi connectivity index (χ0n) is 13.9. The topological polar surface area (TPSA) is 57.6 Å². The first-order valence-electron chi connectivity index (χ1n) is 7.60. The largest absolute Gasteiger partial charge is 0.390 e. The zero-order chi connectivity index (χ0) is 19.0. The van der Waals surface area contributed by atoms with Crippen LogP contribution >= 0.6 is 58.0 Å². The van der Waals surface area contributed by atoms with E-state index < -0.39 is 43.9 Å². The normalized spacial score (nSPS) is 26.8. The summed E-state index contributed by atoms with van der Waals surface area (Å²) in [6.07, 6.45) is -0.884. The van der Waals surface area contributed by atoms with Crippen LogP contribution in [-0.2, 0) is 9.59 Å². The van der Waals surface area contributed by atoms with Gasteiger partial charge >= 0.3 is 0 Å². The highest BCUT2D eigenvalue weighted by atomic mass is 35.6. The molecule has 4 nitrogen and oxygen atoms in total. The zero-order valence-corrected chi connectivity index (χ0v) is 17.7. The lowest BCUT2D eigenvalue weighted by Gasteiger charge is -2.30. The van der Waals surface area contributed by atoms with Gasteiger partial charge in [-0.05, 0) is 26.2 Å². The lowest BCUT2D eigenvalue weighted by Crippen LogP contribution is -2.44. The smallest absolute Gasteiger partial charge is 0.237 e. The minimum absolute atomic E-state index is 0.00907. The number of hydrogen-bond acceptors (Lipinski definition) is 3. The minimum atomic E-state index is -1.56. The summed E-state index contributed by atoms with van der Waals surface area (Å²) in [5.74, 6) is -1.69. The van der Waals surface area contributed by atoms with E-state index in [9.17, 15) is 14.7 Å². The van der Waals surface area contributed by atoms with Crippen LogP contribution in [0.25, 0.3) is 0 Å². The van der Waals surface area contributed by atoms with Crippen molar-refractivity contribution >= 4 is 69.8 Å². The minimum Gasteiger partial charge on any atom is -0.390 e. The van der Waals surface area contributed by atoms with Gasteiger partial charge in [-0.1, -0.05) is 48.7 Å². The van der Waals surface area contributed by atoms with Crippen LogP contribution in [0.15, 0.2) is 0 Å². The number of nitrogens with zero attached hydrogens (tertiary/aromatic N) is 1. The standard InChI is InChI=1S/C15H22Cl5NO3/c1-7(12(16)17)5-10(22)21-9(6-8(2)15(18,19)20)11(23)14(3,4)13(21)24/h7-9,11-12,23H,5-6H2,1-4H3/t7?,8?,9-,11+/m0/s1. The molecule has 4 atom stereocenters. The van der Waals surface area contributed by atoms with Gasteiger partial charge in [0.1, 0.15) is 4.84 Å². The number of carbonyl (C=O) groups is 2. The molecule has 1 aliphatic rings. The third-order valence-corrected chi connectivity index (χ3v) is 6.53. The van der Waals surface area contributed by atoms with Gasteiger partial charge in [-0.3, -0.25) is 14.5 Å². The Kier molecular flexibility index (Phi) is 7.58. The van der Waals surface area contributed by atoms with Crippen LogP contribution in [0, 0.1) is 17.3 Å². The van der Waals surface area contributed by atoms with E-state index in [1.165, 1.54) is 0 Å². The van der Waals surface area contributed by atoms with Crippen molar-refractivity contribution in [1.82, 2.24) is 4.90 Å². The maximum atomic E-state index is 12.7. The summed E-state index contributed by atoms with van der Waals surface area (Å²) >= 11 is 29.3. The lowest BCUT2D eigenvalue weighted by molar-refractivity contribution is -0.147. The highest BCUT2D eigenvalue weighted by Crippen LogP contribution is 2.43. The van der Waals surface area contributed by atoms with Gasteiger partial charge in [0.2, 0.25) is 11.8 Å². The number of alkyl halides is 5. The molecular weight excluding hydrogens is 419 g/mol. The Balaban J connectivity index is 3.08. The summed E-state index contributed by atoms with van der Waals surface area (Å²) in [4.78, 5) is 25.6. The Morgan fingerprint density at radius 2 is 1.79 bits per heavy atom. The number of aliphatic hydroxyl groups is 1. The SMILES string of the molecule is CC(CC(=O)N1C(=O)C(C)(C)[C@H](O)[C@@H]1CC(C)C(Cl)(Cl)Cl)C(Cl)Cl. The first-order valence-corrected chi connectivity index (χ1v) is 9.61. The van der Waals surface area contributed by atoms with Crippen LogP contribution in [0.5, 0.6) is 0 Å². The average molecular weight is 442 g/mol. The number of hydrogen-bond donors (Lipinski definition) is 1. The van der Waals surface area contributed by atoms with Gasteiger partial charge in [0.05, 0.1) is 17.6 Å². The predicted octanol–water partition coefficient (Wildman–Crippen LogP) is 4.34. The second-order valence-corrected chi connectivity index (χ2v) is 10.5. The van der Waals surface area contributed by atoms with E-state index in [1.807, 2.05) is 0 Å². The maximum Gasteiger partial charge on any atom is 0.237 e. The molecule has 0 spiro atoms. The van der Waals surface area contributed by atoms with Crippen molar-refractivity contribution in [2.75, 3.05) is 0 Å². The Hall–Kier alpha value is 0.550. The fraction of sp³-hybridized carbons (Fsp3) is 0.867. The van der Waals surface area contributed by atoms with E-state index in [1.54, 1.807) is 27.7 Å². The van der Waals surface area contributed by atoms with E-state index in [0.29, 0.717) is 0 Å². The number of halogens is 5. The molecule has 0 saturated carbocycles. The van der Waals surface area contributed by atoms with E-state index in [4.69, 9.17) is 58.0 Å². The Morgan fingerprint density at radius 3 is 2.21 bits per heavy atom. The highest BCUT2D eigenvalue weighted by Gasteiger charge is 2.56. The molecule has 1 fully saturated rings. The van der Waals surface area contributed by atoms with Crippen LogP contribution < -0.4 is 0 Å². The van der Waals surface area contributed by atoms with Gasteiger partial charge < -0.3 is 5.11 Å². The van der Waals surface area contributed by atoms with Crippen molar-refractivity contribution in [2.45, 2.75) is 61.3 Å². The fourth-order valence-electron chi connectivity index (χ4n) is 2.70. The Bertz CT molecular complexity index is 492. The summed E-state index contributed by atoms with van der Waals surface area (Å²) in [6, 6.07) is -0.762. The maximum absolute atomic E-state index is 12.7. The molecule has 0 aromatic rings. The van der Waals surface area contributed by atoms with Crippen molar-refractivity contribution in [3.8, 4) is 0 Å². The van der Waals surface area contributed by atoms with E-state index in [0.717, 1.165) is 4.90 Å². The molecule has 2 amide bonds. The molecule has 0 bridgehead atoms. The summed E-state index contributed by atoms with van der Waals surface area (Å²) in [5.41, 5.74) is -1.10. The van der Waals surface area contributed by atoms with E-state index in [-0.39, 0.29) is 18.8 Å². The lowest BCUT2D eigenvalue weighted by atomic mass is 9.84. The van der Waals surface area contributed by atoms with Crippen LogP contribution in [0.3, 0.4) is 0 Å². The molecule has 2 unspecified atom stereocenters. The molecule has 24 heavy (non-hydrogen) atoms. The van der Waals surface area contributed by atoms with Gasteiger partial charge in [-0.2, -0.15) is 0 Å². The second kappa shape index (κ2) is 8.06. The molecule has 0 aliphatic carbocycles. The van der Waals surface area contributed by atoms with Crippen LogP contribution in [0.1, 0.15) is 40.5 Å². The van der Waals surface area contributed by atoms with Crippen molar-refractivity contribution in [3.05, 3.63) is 0 Å². The number of imide groups is 1. The quantitative estimate of drug-likeness (QED) is 0.646. The summed E-state index contributed by atoms with van der Waals surface area (Å²) in [7, 11) is 0. The van der Waals surface area contributed by atoms with Gasteiger partial charge in [-0.25, -0.2) is 0 Å². The number of carbonyl (C=O) groups excluding carboxylic acids is 2. The third-order valence-electron chi connectivity index (χ3n) is 4.55. The van der Waals surface area contributed by atoms with Crippen molar-refractivity contribution in [2.24, 2.45) is 17.3 Å². The molecule has 9 heteroatoms. The fourth-order valence-corrected chi connectivity index (χ4v) is 3.15. The Morgan fingerprint density at radius 1 is 1.29 bits per heavy atom. The van der Waals surface area contributed by atoms with Crippen molar-refractivity contribution in [1.29, 1.82) is 0 Å². The first kappa shape index (κ1) is 22.6. The molecule has 0 aromatic carbocycles. The number of aliphatic hydroxyl groups excluding tert-OH is 1. The first-order chi connectivity index (χ1) is 10.7. The summed E-state index contributed by atoms with van der Waals surface area (Å²) < 4.78 is -1.56. The molecule has 1 saturated heterocycles. The summed E-state index contributed by atoms with van der Waals surface area (Å²) in [5, 5.41) is 10.6. The monoisotopic (exact) mass is 439 g/mol. The van der Waals surface area contributed by atoms with Crippen molar-refractivity contribution in [3.63, 3.8) is 0 Å². The molecule has 0 aromatic heterocycles. The number of likely N-dealkylation sites (tertiary alicyclic amines) is 1. The van der Waals surface area contributed by atoms with Crippen LogP contribution in [0.2, 0.25) is 0 Å². The van der Waals surface area contributed by atoms with Gasteiger partial charge in [0.15, 0.2) is 3.79 Å². The average Bonchev–Trinajstić information content (AvgIpc) is 2.58. The van der Waals surface area contributed by atoms with Gasteiger partial charge in [0, 0.05) is 12.3 Å². The third kappa shape index (κ3) is 4.83. The van der Waals surface area contributed by atoms with Gasteiger partial charge in [-0.15, -0.1) is 23.2 Å². The second-order valence-electron chi connectivity index (χ2n) is 7.00. The Labute approximate surface area is 167 Å². The summed E-state index contributed by atoms with van der Waals surface area (Å²) in [6.45, 7) is 6.59. The highest BCUT2D eigenvalue weighted by molar-refractivity contribution is 6.67. The number of rotatable bonds is 5. The molecule has 1 heterocycles. The number of amides is 2. The molecule has 1 aliphatic heterocycles. The molecular formula is C15H22Cl5NO3. The molecule has 0 radical (unpaired) electrons. The van der Waals surface area contributed by atoms with E-state index >= 15 is 0 Å². The molecule has 1 rings (SSSR count). The van der Waals surface area contributed by atoms with Gasteiger partial charge in [0.25, 0.3) is 0 Å². The van der Waals surface area contributed by atoms with E-state index in [2.05, 4.69) is 0 Å². The predicted molar refractivity (Wildman–Crippen MR) is 98.8 cm³/mol. The van der Waals surface area contributed by atoms with Crippen molar-refractivity contribution < 1.29 is 14.7 Å². The molecule has 140 valence electrons. The van der Waals surface area contributed by atoms with Crippen LogP contribution in [-0.4, -0.2) is 42.6 Å². The van der Waals surface area contributed by atoms with Crippen LogP contribution in [0.4, 0.5) is 0 Å².